The first-order valence-corrected chi connectivity index (χ1v) is 9.16. The summed E-state index contributed by atoms with van der Waals surface area (Å²) in [4.78, 5) is 0. The minimum Gasteiger partial charge on any atom is -0.297 e. The van der Waals surface area contributed by atoms with Crippen molar-refractivity contribution in [2.75, 3.05) is 0 Å². The molecule has 1 aromatic carbocycles. The second-order valence-electron chi connectivity index (χ2n) is 4.02. The summed E-state index contributed by atoms with van der Waals surface area (Å²) in [5.41, 5.74) is 0.599. The van der Waals surface area contributed by atoms with Crippen LogP contribution in [-0.4, -0.2) is 23.2 Å². The van der Waals surface area contributed by atoms with E-state index in [1.54, 1.807) is 18.2 Å². The van der Waals surface area contributed by atoms with E-state index < -0.39 is 9.05 Å². The fraction of sp³-hybridized carbons (Fsp3) is 0.273. The van der Waals surface area contributed by atoms with Crippen LogP contribution in [0, 0.1) is 0 Å². The van der Waals surface area contributed by atoms with Crippen LogP contribution in [0.25, 0.3) is 11.4 Å². The van der Waals surface area contributed by atoms with E-state index in [0.717, 1.165) is 4.47 Å². The van der Waals surface area contributed by atoms with Crippen molar-refractivity contribution in [1.82, 2.24) is 14.8 Å². The van der Waals surface area contributed by atoms with E-state index >= 15 is 0 Å². The van der Waals surface area contributed by atoms with Gasteiger partial charge in [0.25, 0.3) is 14.2 Å². The van der Waals surface area contributed by atoms with Crippen molar-refractivity contribution in [1.29, 1.82) is 0 Å². The van der Waals surface area contributed by atoms with Gasteiger partial charge >= 0.3 is 0 Å². The van der Waals surface area contributed by atoms with Gasteiger partial charge in [0.15, 0.2) is 5.82 Å². The number of halogens is 3. The predicted octanol–water partition coefficient (Wildman–Crippen LogP) is 3.70. The molecule has 0 amide bonds. The van der Waals surface area contributed by atoms with Gasteiger partial charge < -0.3 is 0 Å². The number of aromatic nitrogens is 3. The van der Waals surface area contributed by atoms with E-state index in [4.69, 9.17) is 22.3 Å². The largest absolute Gasteiger partial charge is 0.297 e. The maximum Gasteiger partial charge on any atom is 0.296 e. The molecule has 0 fully saturated rings. The van der Waals surface area contributed by atoms with Crippen LogP contribution in [0.1, 0.15) is 13.3 Å². The molecule has 0 spiro atoms. The Kier molecular flexibility index (Phi) is 4.73. The van der Waals surface area contributed by atoms with Gasteiger partial charge in [-0.25, -0.2) is 8.42 Å². The zero-order chi connectivity index (χ0) is 14.9. The molecule has 0 aliphatic heterocycles. The van der Waals surface area contributed by atoms with E-state index in [9.17, 15) is 8.42 Å². The Morgan fingerprint density at radius 1 is 1.35 bits per heavy atom. The standard InChI is InChI=1S/C11H10BrCl2N3O2S/c1-2-5-17-10(15-16-11(17)20(14,18)19)8-4-3-7(12)6-9(8)13/h3-4,6H,2,5H2,1H3. The van der Waals surface area contributed by atoms with E-state index in [0.29, 0.717) is 29.4 Å². The van der Waals surface area contributed by atoms with Crippen molar-refractivity contribution in [2.45, 2.75) is 25.0 Å². The van der Waals surface area contributed by atoms with E-state index in [-0.39, 0.29) is 5.16 Å². The van der Waals surface area contributed by atoms with Crippen molar-refractivity contribution < 1.29 is 8.42 Å². The molecule has 0 bridgehead atoms. The van der Waals surface area contributed by atoms with Crippen LogP contribution >= 0.6 is 38.2 Å². The van der Waals surface area contributed by atoms with E-state index in [1.807, 2.05) is 6.92 Å². The number of benzene rings is 1. The zero-order valence-corrected chi connectivity index (χ0v) is 14.3. The molecule has 9 heteroatoms. The highest BCUT2D eigenvalue weighted by Crippen LogP contribution is 2.31. The topological polar surface area (TPSA) is 64.8 Å². The fourth-order valence-electron chi connectivity index (χ4n) is 1.76. The highest BCUT2D eigenvalue weighted by atomic mass is 79.9. The summed E-state index contributed by atoms with van der Waals surface area (Å²) in [6.45, 7) is 2.34. The maximum atomic E-state index is 11.5. The monoisotopic (exact) mass is 397 g/mol. The van der Waals surface area contributed by atoms with E-state index in [2.05, 4.69) is 26.1 Å². The summed E-state index contributed by atoms with van der Waals surface area (Å²) >= 11 is 9.48. The van der Waals surface area contributed by atoms with Gasteiger partial charge in [-0.2, -0.15) is 0 Å². The summed E-state index contributed by atoms with van der Waals surface area (Å²) in [7, 11) is 1.42. The molecule has 0 saturated carbocycles. The molecular weight excluding hydrogens is 389 g/mol. The molecule has 0 saturated heterocycles. The zero-order valence-electron chi connectivity index (χ0n) is 10.3. The molecule has 1 heterocycles. The Labute approximate surface area is 134 Å². The number of rotatable bonds is 4. The van der Waals surface area contributed by atoms with E-state index in [1.165, 1.54) is 4.57 Å². The third-order valence-corrected chi connectivity index (χ3v) is 4.51. The normalized spacial score (nSPS) is 11.8. The molecule has 0 aliphatic carbocycles. The second kappa shape index (κ2) is 6.01. The Hall–Kier alpha value is -0.630. The molecule has 0 atom stereocenters. The lowest BCUT2D eigenvalue weighted by molar-refractivity contribution is 0.570. The van der Waals surface area contributed by atoms with Crippen molar-refractivity contribution in [3.8, 4) is 11.4 Å². The van der Waals surface area contributed by atoms with Gasteiger partial charge in [0.2, 0.25) is 0 Å². The Morgan fingerprint density at radius 2 is 2.05 bits per heavy atom. The van der Waals surface area contributed by atoms with Crippen molar-refractivity contribution >= 4 is 47.3 Å². The molecule has 5 nitrogen and oxygen atoms in total. The van der Waals surface area contributed by atoms with Gasteiger partial charge in [-0.3, -0.25) is 4.57 Å². The second-order valence-corrected chi connectivity index (χ2v) is 7.80. The maximum absolute atomic E-state index is 11.5. The van der Waals surface area contributed by atoms with Gasteiger partial charge in [0, 0.05) is 27.3 Å². The summed E-state index contributed by atoms with van der Waals surface area (Å²) in [5, 5.41) is 7.76. The third kappa shape index (κ3) is 3.16. The molecule has 0 unspecified atom stereocenters. The highest BCUT2D eigenvalue weighted by molar-refractivity contribution is 9.10. The fourth-order valence-corrected chi connectivity index (χ4v) is 3.44. The quantitative estimate of drug-likeness (QED) is 0.736. The van der Waals surface area contributed by atoms with Crippen LogP contribution in [0.3, 0.4) is 0 Å². The third-order valence-electron chi connectivity index (χ3n) is 2.55. The van der Waals surface area contributed by atoms with Gasteiger partial charge in [-0.05, 0) is 24.6 Å². The Bertz CT molecular complexity index is 746. The summed E-state index contributed by atoms with van der Waals surface area (Å²) in [5.74, 6) is 0.378. The smallest absolute Gasteiger partial charge is 0.296 e. The highest BCUT2D eigenvalue weighted by Gasteiger charge is 2.23. The molecular formula is C11H10BrCl2N3O2S. The van der Waals surface area contributed by atoms with Crippen LogP contribution < -0.4 is 0 Å². The number of hydrogen-bond donors (Lipinski definition) is 0. The lowest BCUT2D eigenvalue weighted by Gasteiger charge is -2.08. The van der Waals surface area contributed by atoms with Gasteiger partial charge in [0.05, 0.1) is 5.02 Å². The van der Waals surface area contributed by atoms with Crippen LogP contribution in [-0.2, 0) is 15.6 Å². The molecule has 2 aromatic rings. The minimum absolute atomic E-state index is 0.269. The number of hydrogen-bond acceptors (Lipinski definition) is 4. The van der Waals surface area contributed by atoms with Gasteiger partial charge in [0.1, 0.15) is 0 Å². The molecule has 0 radical (unpaired) electrons. The lowest BCUT2D eigenvalue weighted by Crippen LogP contribution is -2.07. The predicted molar refractivity (Wildman–Crippen MR) is 81.5 cm³/mol. The molecule has 20 heavy (non-hydrogen) atoms. The van der Waals surface area contributed by atoms with Crippen LogP contribution in [0.4, 0.5) is 0 Å². The van der Waals surface area contributed by atoms with Crippen LogP contribution in [0.5, 0.6) is 0 Å². The van der Waals surface area contributed by atoms with Crippen molar-refractivity contribution in [3.63, 3.8) is 0 Å². The summed E-state index contributed by atoms with van der Waals surface area (Å²) < 4.78 is 25.3. The first-order valence-electron chi connectivity index (χ1n) is 5.68. The number of nitrogens with zero attached hydrogens (tertiary/aromatic N) is 3. The molecule has 0 N–H and O–H groups in total. The first kappa shape index (κ1) is 15.8. The minimum atomic E-state index is -3.95. The lowest BCUT2D eigenvalue weighted by atomic mass is 10.2. The van der Waals surface area contributed by atoms with Crippen molar-refractivity contribution in [2.24, 2.45) is 0 Å². The summed E-state index contributed by atoms with van der Waals surface area (Å²) in [6.07, 6.45) is 0.707. The molecule has 2 rings (SSSR count). The summed E-state index contributed by atoms with van der Waals surface area (Å²) in [6, 6.07) is 5.24. The Balaban J connectivity index is 2.66. The average Bonchev–Trinajstić information content (AvgIpc) is 2.73. The van der Waals surface area contributed by atoms with Gasteiger partial charge in [-0.1, -0.05) is 34.5 Å². The molecule has 108 valence electrons. The van der Waals surface area contributed by atoms with Crippen LogP contribution in [0.2, 0.25) is 5.02 Å². The van der Waals surface area contributed by atoms with Crippen molar-refractivity contribution in [3.05, 3.63) is 27.7 Å². The molecule has 0 aliphatic rings. The average molecular weight is 399 g/mol. The van der Waals surface area contributed by atoms with Crippen LogP contribution in [0.15, 0.2) is 27.8 Å². The SMILES string of the molecule is CCCn1c(-c2ccc(Br)cc2Cl)nnc1S(=O)(=O)Cl. The molecule has 1 aromatic heterocycles. The van der Waals surface area contributed by atoms with Gasteiger partial charge in [-0.15, -0.1) is 10.2 Å². The Morgan fingerprint density at radius 3 is 2.60 bits per heavy atom. The first-order chi connectivity index (χ1) is 9.34.